The van der Waals surface area contributed by atoms with E-state index in [0.717, 1.165) is 6.42 Å². The minimum Gasteiger partial charge on any atom is -0.348 e. The van der Waals surface area contributed by atoms with Gasteiger partial charge in [-0.25, -0.2) is 0 Å². The van der Waals surface area contributed by atoms with Gasteiger partial charge in [-0.05, 0) is 51.1 Å². The molecule has 0 spiro atoms. The highest BCUT2D eigenvalue weighted by molar-refractivity contribution is 5.94. The molecule has 10 N–H and O–H groups in total. The van der Waals surface area contributed by atoms with Gasteiger partial charge in [0.1, 0.15) is 18.4 Å². The lowest BCUT2D eigenvalue weighted by Gasteiger charge is -2.27. The average Bonchev–Trinajstić information content (AvgIpc) is 2.83. The first-order valence-electron chi connectivity index (χ1n) is 12.0. The normalized spacial score (nSPS) is 14.3. The zero-order valence-electron chi connectivity index (χ0n) is 20.4. The van der Waals surface area contributed by atoms with Crippen LogP contribution in [0.15, 0.2) is 0 Å². The molecule has 0 aromatic carbocycles. The van der Waals surface area contributed by atoms with Gasteiger partial charge in [-0.1, -0.05) is 26.7 Å². The van der Waals surface area contributed by atoms with E-state index in [0.29, 0.717) is 57.9 Å². The third-order valence-electron chi connectivity index (χ3n) is 5.48. The van der Waals surface area contributed by atoms with E-state index < -0.39 is 41.8 Å². The highest BCUT2D eigenvalue weighted by Crippen LogP contribution is 2.10. The highest BCUT2D eigenvalue weighted by atomic mass is 16.2. The topological polar surface area (TPSA) is 212 Å². The maximum Gasteiger partial charge on any atom is 0.243 e. The third kappa shape index (κ3) is 13.2. The molecule has 0 aliphatic carbocycles. The van der Waals surface area contributed by atoms with Crippen LogP contribution in [-0.2, 0) is 24.0 Å². The van der Waals surface area contributed by atoms with Crippen LogP contribution in [0.3, 0.4) is 0 Å². The van der Waals surface area contributed by atoms with Gasteiger partial charge in [0, 0.05) is 0 Å². The minimum absolute atomic E-state index is 0.154. The first-order valence-corrected chi connectivity index (χ1v) is 12.0. The highest BCUT2D eigenvalue weighted by Gasteiger charge is 2.30. The lowest BCUT2D eigenvalue weighted by atomic mass is 9.97. The van der Waals surface area contributed by atoms with Gasteiger partial charge in [0.25, 0.3) is 0 Å². The molecule has 0 bridgehead atoms. The second-order valence-electron chi connectivity index (χ2n) is 8.30. The first-order chi connectivity index (χ1) is 16.2. The van der Waals surface area contributed by atoms with Crippen molar-refractivity contribution in [3.63, 3.8) is 0 Å². The van der Waals surface area contributed by atoms with Crippen LogP contribution in [-0.4, -0.2) is 74.2 Å². The van der Waals surface area contributed by atoms with Gasteiger partial charge in [-0.2, -0.15) is 0 Å². The molecule has 0 aliphatic rings. The van der Waals surface area contributed by atoms with Crippen molar-refractivity contribution in [2.45, 2.75) is 76.9 Å². The van der Waals surface area contributed by atoms with Gasteiger partial charge >= 0.3 is 0 Å². The fourth-order valence-electron chi connectivity index (χ4n) is 3.13. The number of rotatable bonds is 19. The summed E-state index contributed by atoms with van der Waals surface area (Å²) in [6, 6.07) is -2.56. The van der Waals surface area contributed by atoms with Crippen molar-refractivity contribution in [1.29, 1.82) is 0 Å². The Labute approximate surface area is 201 Å². The lowest BCUT2D eigenvalue weighted by molar-refractivity contribution is -0.134. The Hall–Kier alpha value is -2.57. The number of nitrogens with one attached hydrogen (secondary N) is 4. The van der Waals surface area contributed by atoms with E-state index in [1.54, 1.807) is 6.92 Å². The summed E-state index contributed by atoms with van der Waals surface area (Å²) in [6.45, 7) is 4.14. The number of amides is 4. The standard InChI is InChI=1S/C22H43N7O5/c1-3-15(2)19(22(34)27-14-18(31)26-12-13-30)29-21(33)17(9-5-7-11-24)28-20(32)16(25)8-4-6-10-23/h13,15-17,19H,3-12,14,23-25H2,1-2H3,(H,26,31)(H,27,34)(H,28,32)(H,29,33)/t15-,16-,17-,19-/m0/s1. The van der Waals surface area contributed by atoms with Crippen LogP contribution >= 0.6 is 0 Å². The van der Waals surface area contributed by atoms with Crippen molar-refractivity contribution in [2.75, 3.05) is 26.2 Å². The number of carbonyl (C=O) groups excluding carboxylic acids is 5. The molecule has 196 valence electrons. The molecule has 0 aliphatic heterocycles. The molecule has 0 aromatic heterocycles. The maximum atomic E-state index is 13.1. The Morgan fingerprint density at radius 3 is 2.03 bits per heavy atom. The zero-order chi connectivity index (χ0) is 25.9. The van der Waals surface area contributed by atoms with E-state index in [9.17, 15) is 24.0 Å². The van der Waals surface area contributed by atoms with Crippen LogP contribution in [0.4, 0.5) is 0 Å². The molecule has 0 rings (SSSR count). The van der Waals surface area contributed by atoms with Crippen LogP contribution in [0.1, 0.15) is 58.8 Å². The minimum atomic E-state index is -0.913. The number of hydrogen-bond donors (Lipinski definition) is 7. The number of nitrogens with two attached hydrogens (primary N) is 3. The first kappa shape index (κ1) is 31.4. The molecule has 0 radical (unpaired) electrons. The van der Waals surface area contributed by atoms with E-state index in [2.05, 4.69) is 21.3 Å². The van der Waals surface area contributed by atoms with Gasteiger partial charge in [-0.3, -0.25) is 19.2 Å². The van der Waals surface area contributed by atoms with E-state index in [4.69, 9.17) is 17.2 Å². The molecule has 0 unspecified atom stereocenters. The molecule has 0 saturated carbocycles. The van der Waals surface area contributed by atoms with Gasteiger partial charge < -0.3 is 43.3 Å². The molecule has 12 nitrogen and oxygen atoms in total. The van der Waals surface area contributed by atoms with Crippen molar-refractivity contribution < 1.29 is 24.0 Å². The van der Waals surface area contributed by atoms with Gasteiger partial charge in [0.05, 0.1) is 19.1 Å². The zero-order valence-corrected chi connectivity index (χ0v) is 20.4. The number of hydrogen-bond acceptors (Lipinski definition) is 8. The fourth-order valence-corrected chi connectivity index (χ4v) is 3.13. The molecule has 4 atom stereocenters. The summed E-state index contributed by atoms with van der Waals surface area (Å²) in [7, 11) is 0. The molecular formula is C22H43N7O5. The Kier molecular flexibility index (Phi) is 17.4. The van der Waals surface area contributed by atoms with E-state index in [1.165, 1.54) is 0 Å². The second kappa shape index (κ2) is 18.8. The molecule has 0 saturated heterocycles. The lowest BCUT2D eigenvalue weighted by Crippen LogP contribution is -2.57. The Balaban J connectivity index is 5.23. The monoisotopic (exact) mass is 485 g/mol. The Bertz CT molecular complexity index is 647. The van der Waals surface area contributed by atoms with Crippen molar-refractivity contribution >= 4 is 29.9 Å². The Morgan fingerprint density at radius 2 is 1.47 bits per heavy atom. The molecule has 12 heteroatoms. The Morgan fingerprint density at radius 1 is 0.853 bits per heavy atom. The second-order valence-corrected chi connectivity index (χ2v) is 8.30. The van der Waals surface area contributed by atoms with Crippen molar-refractivity contribution in [2.24, 2.45) is 23.1 Å². The molecule has 0 heterocycles. The van der Waals surface area contributed by atoms with Gasteiger partial charge in [0.15, 0.2) is 0 Å². The van der Waals surface area contributed by atoms with Crippen molar-refractivity contribution in [3.05, 3.63) is 0 Å². The van der Waals surface area contributed by atoms with E-state index in [-0.39, 0.29) is 19.0 Å². The number of aldehydes is 1. The predicted molar refractivity (Wildman–Crippen MR) is 129 cm³/mol. The fraction of sp³-hybridized carbons (Fsp3) is 0.773. The smallest absolute Gasteiger partial charge is 0.243 e. The van der Waals surface area contributed by atoms with Crippen LogP contribution in [0.2, 0.25) is 0 Å². The number of unbranched alkanes of at least 4 members (excludes halogenated alkanes) is 2. The average molecular weight is 486 g/mol. The van der Waals surface area contributed by atoms with E-state index >= 15 is 0 Å². The third-order valence-corrected chi connectivity index (χ3v) is 5.48. The van der Waals surface area contributed by atoms with Crippen molar-refractivity contribution in [3.8, 4) is 0 Å². The van der Waals surface area contributed by atoms with Crippen LogP contribution in [0, 0.1) is 5.92 Å². The molecular weight excluding hydrogens is 442 g/mol. The SMILES string of the molecule is CC[C@H](C)[C@H](NC(=O)[C@H](CCCCN)NC(=O)[C@@H](N)CCCCN)C(=O)NCC(=O)NCC=O. The summed E-state index contributed by atoms with van der Waals surface area (Å²) in [5.74, 6) is -2.24. The van der Waals surface area contributed by atoms with Gasteiger partial charge in [0.2, 0.25) is 23.6 Å². The summed E-state index contributed by atoms with van der Waals surface area (Å²) in [5, 5.41) is 10.2. The molecule has 34 heavy (non-hydrogen) atoms. The molecule has 0 aromatic rings. The summed E-state index contributed by atoms with van der Waals surface area (Å²) < 4.78 is 0. The maximum absolute atomic E-state index is 13.1. The summed E-state index contributed by atoms with van der Waals surface area (Å²) in [5.41, 5.74) is 17.0. The van der Waals surface area contributed by atoms with Gasteiger partial charge in [-0.15, -0.1) is 0 Å². The predicted octanol–water partition coefficient (Wildman–Crippen LogP) is -1.98. The molecule has 0 fully saturated rings. The van der Waals surface area contributed by atoms with Crippen molar-refractivity contribution in [1.82, 2.24) is 21.3 Å². The summed E-state index contributed by atoms with van der Waals surface area (Å²) in [4.78, 5) is 60.3. The quantitative estimate of drug-likeness (QED) is 0.0802. The summed E-state index contributed by atoms with van der Waals surface area (Å²) >= 11 is 0. The number of carbonyl (C=O) groups is 5. The van der Waals surface area contributed by atoms with E-state index in [1.807, 2.05) is 6.92 Å². The van der Waals surface area contributed by atoms with Crippen LogP contribution in [0.5, 0.6) is 0 Å². The van der Waals surface area contributed by atoms with Crippen LogP contribution in [0.25, 0.3) is 0 Å². The summed E-state index contributed by atoms with van der Waals surface area (Å²) in [6.07, 6.45) is 4.64. The largest absolute Gasteiger partial charge is 0.348 e. The molecule has 4 amide bonds. The van der Waals surface area contributed by atoms with Crippen LogP contribution < -0.4 is 38.5 Å².